The molecule has 5 rings (SSSR count). The molecule has 1 amide bonds. The number of benzene rings is 2. The van der Waals surface area contributed by atoms with E-state index in [1.54, 1.807) is 12.3 Å². The topological polar surface area (TPSA) is 92.6 Å². The third-order valence-corrected chi connectivity index (χ3v) is 8.18. The monoisotopic (exact) mass is 593 g/mol. The number of rotatable bonds is 10. The van der Waals surface area contributed by atoms with Gasteiger partial charge in [-0.1, -0.05) is 23.2 Å². The van der Waals surface area contributed by atoms with Gasteiger partial charge in [0, 0.05) is 36.3 Å². The summed E-state index contributed by atoms with van der Waals surface area (Å²) >= 11 is 11.6. The van der Waals surface area contributed by atoms with Crippen molar-refractivity contribution in [1.29, 1.82) is 0 Å². The highest BCUT2D eigenvalue weighted by Gasteiger charge is 2.29. The van der Waals surface area contributed by atoms with Crippen molar-refractivity contribution in [3.63, 3.8) is 0 Å². The molecular formula is C29H31Cl2F2N3O4. The molecule has 0 spiro atoms. The molecule has 0 aliphatic heterocycles. The van der Waals surface area contributed by atoms with E-state index in [1.807, 2.05) is 4.57 Å². The van der Waals surface area contributed by atoms with Crippen LogP contribution in [-0.2, 0) is 0 Å². The minimum absolute atomic E-state index is 0.0110. The number of carbonyl (C=O) groups is 1. The van der Waals surface area contributed by atoms with E-state index in [4.69, 9.17) is 27.9 Å². The average molecular weight is 594 g/mol. The second-order valence-electron chi connectivity index (χ2n) is 10.7. The number of amides is 1. The number of fused-ring (bicyclic) bond motifs is 1. The Morgan fingerprint density at radius 1 is 1.05 bits per heavy atom. The summed E-state index contributed by atoms with van der Waals surface area (Å²) in [5, 5.41) is 16.5. The maximum atomic E-state index is 14.2. The molecule has 7 nitrogen and oxygen atoms in total. The summed E-state index contributed by atoms with van der Waals surface area (Å²) in [7, 11) is 0. The van der Waals surface area contributed by atoms with Crippen LogP contribution < -0.4 is 20.8 Å². The van der Waals surface area contributed by atoms with Crippen molar-refractivity contribution < 1.29 is 23.4 Å². The highest BCUT2D eigenvalue weighted by Crippen LogP contribution is 2.37. The van der Waals surface area contributed by atoms with Gasteiger partial charge in [0.25, 0.3) is 5.91 Å². The lowest BCUT2D eigenvalue weighted by molar-refractivity contribution is 0.0916. The van der Waals surface area contributed by atoms with Gasteiger partial charge < -0.3 is 25.0 Å². The van der Waals surface area contributed by atoms with Crippen molar-refractivity contribution in [2.24, 2.45) is 5.92 Å². The first-order chi connectivity index (χ1) is 19.2. The first-order valence-corrected chi connectivity index (χ1v) is 14.3. The van der Waals surface area contributed by atoms with Crippen molar-refractivity contribution in [3.05, 3.63) is 74.0 Å². The van der Waals surface area contributed by atoms with Gasteiger partial charge in [0.1, 0.15) is 35.7 Å². The van der Waals surface area contributed by atoms with Gasteiger partial charge in [0.15, 0.2) is 0 Å². The molecule has 3 aromatic rings. The summed E-state index contributed by atoms with van der Waals surface area (Å²) in [5.41, 5.74) is 0.0584. The molecule has 3 N–H and O–H groups in total. The molecule has 2 saturated carbocycles. The first-order valence-electron chi connectivity index (χ1n) is 13.5. The number of aliphatic hydroxyl groups excluding tert-OH is 1. The number of ether oxygens (including phenoxy) is 1. The van der Waals surface area contributed by atoms with E-state index in [1.165, 1.54) is 18.2 Å². The second kappa shape index (κ2) is 12.4. The van der Waals surface area contributed by atoms with Crippen LogP contribution in [-0.4, -0.2) is 47.4 Å². The quantitative estimate of drug-likeness (QED) is 0.299. The Hall–Kier alpha value is -2.72. The van der Waals surface area contributed by atoms with Crippen LogP contribution >= 0.6 is 23.2 Å². The molecule has 11 heteroatoms. The first kappa shape index (κ1) is 28.8. The normalized spacial score (nSPS) is 19.9. The molecule has 40 heavy (non-hydrogen) atoms. The highest BCUT2D eigenvalue weighted by atomic mass is 35.5. The summed E-state index contributed by atoms with van der Waals surface area (Å²) in [4.78, 5) is 26.2. The average Bonchev–Trinajstić information content (AvgIpc) is 3.77. The number of aliphatic hydroxyl groups is 1. The summed E-state index contributed by atoms with van der Waals surface area (Å²) in [5.74, 6) is -1.02. The molecule has 0 saturated heterocycles. The lowest BCUT2D eigenvalue weighted by Gasteiger charge is -2.29. The molecule has 2 aromatic carbocycles. The van der Waals surface area contributed by atoms with E-state index < -0.39 is 29.1 Å². The third-order valence-electron chi connectivity index (χ3n) is 7.59. The van der Waals surface area contributed by atoms with Crippen LogP contribution in [0.2, 0.25) is 10.0 Å². The number of nitrogens with zero attached hydrogens (tertiary/aromatic N) is 1. The molecule has 2 fully saturated rings. The van der Waals surface area contributed by atoms with Gasteiger partial charge >= 0.3 is 0 Å². The fourth-order valence-corrected chi connectivity index (χ4v) is 5.48. The predicted molar refractivity (Wildman–Crippen MR) is 150 cm³/mol. The fraction of sp³-hybridized carbons (Fsp3) is 0.448. The lowest BCUT2D eigenvalue weighted by atomic mass is 9.86. The number of pyridine rings is 1. The molecule has 0 bridgehead atoms. The Kier molecular flexibility index (Phi) is 8.95. The number of halogens is 4. The smallest absolute Gasteiger partial charge is 0.256 e. The van der Waals surface area contributed by atoms with Crippen LogP contribution in [0, 0.1) is 17.6 Å². The zero-order chi connectivity index (χ0) is 28.4. The van der Waals surface area contributed by atoms with E-state index in [0.717, 1.165) is 44.6 Å². The molecular weight excluding hydrogens is 563 g/mol. The summed E-state index contributed by atoms with van der Waals surface area (Å²) < 4.78 is 35.0. The van der Waals surface area contributed by atoms with Gasteiger partial charge in [-0.15, -0.1) is 0 Å². The molecule has 2 aliphatic carbocycles. The van der Waals surface area contributed by atoms with E-state index in [-0.39, 0.29) is 39.7 Å². The maximum absolute atomic E-state index is 14.2. The molecule has 0 unspecified atom stereocenters. The van der Waals surface area contributed by atoms with Gasteiger partial charge in [-0.2, -0.15) is 0 Å². The molecule has 0 radical (unpaired) electrons. The van der Waals surface area contributed by atoms with E-state index in [2.05, 4.69) is 10.6 Å². The highest BCUT2D eigenvalue weighted by molar-refractivity contribution is 6.31. The van der Waals surface area contributed by atoms with Gasteiger partial charge in [0.2, 0.25) is 5.43 Å². The number of carbonyl (C=O) groups excluding carboxylic acids is 1. The van der Waals surface area contributed by atoms with Crippen LogP contribution in [0.15, 0.2) is 41.3 Å². The molecule has 1 atom stereocenters. The number of hydrogen-bond acceptors (Lipinski definition) is 5. The van der Waals surface area contributed by atoms with Crippen molar-refractivity contribution in [2.75, 3.05) is 19.7 Å². The van der Waals surface area contributed by atoms with Crippen molar-refractivity contribution in [1.82, 2.24) is 15.2 Å². The number of hydrogen-bond donors (Lipinski definition) is 3. The predicted octanol–water partition coefficient (Wildman–Crippen LogP) is 5.24. The van der Waals surface area contributed by atoms with Crippen LogP contribution in [0.4, 0.5) is 8.78 Å². The number of aromatic nitrogens is 1. The Labute approximate surface area is 240 Å². The van der Waals surface area contributed by atoms with Crippen LogP contribution in [0.5, 0.6) is 5.75 Å². The Bertz CT molecular complexity index is 1460. The van der Waals surface area contributed by atoms with Gasteiger partial charge in [-0.05, 0) is 75.3 Å². The summed E-state index contributed by atoms with van der Waals surface area (Å²) in [6.45, 7) is 1.05. The van der Waals surface area contributed by atoms with Gasteiger partial charge in [0.05, 0.1) is 15.6 Å². The Balaban J connectivity index is 1.09. The Morgan fingerprint density at radius 3 is 2.48 bits per heavy atom. The maximum Gasteiger partial charge on any atom is 0.256 e. The van der Waals surface area contributed by atoms with E-state index in [0.29, 0.717) is 30.3 Å². The van der Waals surface area contributed by atoms with Gasteiger partial charge in [-0.25, -0.2) is 8.78 Å². The third kappa shape index (κ3) is 6.77. The van der Waals surface area contributed by atoms with Crippen LogP contribution in [0.1, 0.15) is 54.9 Å². The zero-order valence-corrected chi connectivity index (χ0v) is 23.3. The minimum Gasteiger partial charge on any atom is -0.491 e. The molecule has 214 valence electrons. The molecule has 2 aliphatic rings. The SMILES string of the molecule is O=C(N[C@H]1CC[C@H](CNC[C@@H](O)COc2ccc(Cl)c(F)c2)CC1)c1cn(C2CC2)c2cc(Cl)c(F)cc2c1=O. The lowest BCUT2D eigenvalue weighted by Crippen LogP contribution is -2.41. The van der Waals surface area contributed by atoms with Gasteiger partial charge in [-0.3, -0.25) is 9.59 Å². The van der Waals surface area contributed by atoms with Crippen molar-refractivity contribution >= 4 is 40.0 Å². The molecule has 1 heterocycles. The van der Waals surface area contributed by atoms with Crippen molar-refractivity contribution in [2.45, 2.75) is 56.7 Å². The zero-order valence-electron chi connectivity index (χ0n) is 21.8. The largest absolute Gasteiger partial charge is 0.491 e. The van der Waals surface area contributed by atoms with Crippen LogP contribution in [0.3, 0.4) is 0 Å². The number of nitrogens with one attached hydrogen (secondary N) is 2. The summed E-state index contributed by atoms with van der Waals surface area (Å²) in [6.07, 6.45) is 5.96. The second-order valence-corrected chi connectivity index (χ2v) is 11.5. The van der Waals surface area contributed by atoms with E-state index >= 15 is 0 Å². The van der Waals surface area contributed by atoms with Crippen molar-refractivity contribution in [3.8, 4) is 5.75 Å². The summed E-state index contributed by atoms with van der Waals surface area (Å²) in [6, 6.07) is 6.81. The van der Waals surface area contributed by atoms with E-state index in [9.17, 15) is 23.5 Å². The standard InChI is InChI=1S/C29H31Cl2F2N3O4/c30-23-8-7-20(9-25(23)32)40-15-19(37)13-34-12-16-1-3-17(4-2-16)35-29(39)22-14-36(18-5-6-18)27-11-24(31)26(33)10-21(27)28(22)38/h7-11,14,16-19,34,37H,1-6,12-13,15H2,(H,35,39)/t16-,17-,19-/m1/s1. The van der Waals surface area contributed by atoms with Crippen LogP contribution in [0.25, 0.3) is 10.9 Å². The minimum atomic E-state index is -0.763. The molecule has 1 aromatic heterocycles. The Morgan fingerprint density at radius 2 is 1.77 bits per heavy atom. The fourth-order valence-electron chi connectivity index (χ4n) is 5.21.